The summed E-state index contributed by atoms with van der Waals surface area (Å²) in [6.45, 7) is 8.91. The summed E-state index contributed by atoms with van der Waals surface area (Å²) in [7, 11) is 0. The summed E-state index contributed by atoms with van der Waals surface area (Å²) < 4.78 is 0. The van der Waals surface area contributed by atoms with E-state index in [0.717, 1.165) is 17.4 Å². The standard InChI is InChI=1S/C17H27NO/c1-11-5-6-17(19)16(10-11)14(4)18-15-8-12(2)7-13(3)9-15/h5-6,10,12-15,18-19H,7-9H2,1-4H3. The molecule has 19 heavy (non-hydrogen) atoms. The van der Waals surface area contributed by atoms with Crippen molar-refractivity contribution in [3.63, 3.8) is 0 Å². The number of hydrogen-bond donors (Lipinski definition) is 2. The van der Waals surface area contributed by atoms with E-state index in [-0.39, 0.29) is 6.04 Å². The molecule has 0 saturated heterocycles. The zero-order chi connectivity index (χ0) is 14.0. The third-order valence-electron chi connectivity index (χ3n) is 4.31. The van der Waals surface area contributed by atoms with Crippen LogP contribution in [-0.2, 0) is 0 Å². The first-order valence-electron chi connectivity index (χ1n) is 7.51. The van der Waals surface area contributed by atoms with Gasteiger partial charge < -0.3 is 10.4 Å². The number of hydrogen-bond acceptors (Lipinski definition) is 2. The average molecular weight is 261 g/mol. The molecule has 1 aliphatic carbocycles. The second-order valence-electron chi connectivity index (χ2n) is 6.56. The Hall–Kier alpha value is -1.02. The zero-order valence-corrected chi connectivity index (χ0v) is 12.6. The molecule has 2 nitrogen and oxygen atoms in total. The van der Waals surface area contributed by atoms with Crippen molar-refractivity contribution in [3.8, 4) is 5.75 Å². The average Bonchev–Trinajstić information content (AvgIpc) is 2.30. The summed E-state index contributed by atoms with van der Waals surface area (Å²) in [5.74, 6) is 2.02. The Bertz CT molecular complexity index is 419. The van der Waals surface area contributed by atoms with Gasteiger partial charge in [-0.1, -0.05) is 31.5 Å². The molecule has 0 aliphatic heterocycles. The Morgan fingerprint density at radius 1 is 1.16 bits per heavy atom. The number of phenolic OH excluding ortho intramolecular Hbond substituents is 1. The molecule has 0 aromatic heterocycles. The molecule has 106 valence electrons. The van der Waals surface area contributed by atoms with Crippen molar-refractivity contribution < 1.29 is 5.11 Å². The Balaban J connectivity index is 2.04. The van der Waals surface area contributed by atoms with Gasteiger partial charge >= 0.3 is 0 Å². The highest BCUT2D eigenvalue weighted by Gasteiger charge is 2.25. The van der Waals surface area contributed by atoms with E-state index in [1.807, 2.05) is 6.07 Å². The third-order valence-corrected chi connectivity index (χ3v) is 4.31. The molecule has 1 aliphatic rings. The van der Waals surface area contributed by atoms with Crippen LogP contribution >= 0.6 is 0 Å². The maximum absolute atomic E-state index is 10.00. The second kappa shape index (κ2) is 5.96. The topological polar surface area (TPSA) is 32.3 Å². The van der Waals surface area contributed by atoms with Crippen LogP contribution in [0.3, 0.4) is 0 Å². The molecule has 1 saturated carbocycles. The molecule has 2 heteroatoms. The highest BCUT2D eigenvalue weighted by molar-refractivity contribution is 5.37. The lowest BCUT2D eigenvalue weighted by Crippen LogP contribution is -2.37. The lowest BCUT2D eigenvalue weighted by atomic mass is 9.80. The van der Waals surface area contributed by atoms with Gasteiger partial charge in [-0.2, -0.15) is 0 Å². The number of rotatable bonds is 3. The van der Waals surface area contributed by atoms with E-state index in [1.54, 1.807) is 6.07 Å². The van der Waals surface area contributed by atoms with E-state index in [4.69, 9.17) is 0 Å². The van der Waals surface area contributed by atoms with E-state index in [9.17, 15) is 5.11 Å². The smallest absolute Gasteiger partial charge is 0.120 e. The minimum Gasteiger partial charge on any atom is -0.508 e. The molecular formula is C17H27NO. The lowest BCUT2D eigenvalue weighted by Gasteiger charge is -2.34. The quantitative estimate of drug-likeness (QED) is 0.855. The molecule has 0 amide bonds. The Morgan fingerprint density at radius 2 is 1.79 bits per heavy atom. The first kappa shape index (κ1) is 14.4. The summed E-state index contributed by atoms with van der Waals surface area (Å²) in [6.07, 6.45) is 3.85. The van der Waals surface area contributed by atoms with Gasteiger partial charge in [0.05, 0.1) is 0 Å². The molecular weight excluding hydrogens is 234 g/mol. The van der Waals surface area contributed by atoms with Gasteiger partial charge in [0.25, 0.3) is 0 Å². The minimum absolute atomic E-state index is 0.211. The third kappa shape index (κ3) is 3.73. The zero-order valence-electron chi connectivity index (χ0n) is 12.6. The first-order chi connectivity index (χ1) is 8.95. The molecule has 1 aromatic carbocycles. The van der Waals surface area contributed by atoms with E-state index in [2.05, 4.69) is 39.1 Å². The number of aromatic hydroxyl groups is 1. The normalized spacial score (nSPS) is 29.2. The predicted octanol–water partition coefficient (Wildman–Crippen LogP) is 4.18. The summed E-state index contributed by atoms with van der Waals surface area (Å²) in [5, 5.41) is 13.7. The van der Waals surface area contributed by atoms with Gasteiger partial charge in [-0.15, -0.1) is 0 Å². The number of benzene rings is 1. The van der Waals surface area contributed by atoms with Crippen molar-refractivity contribution in [2.75, 3.05) is 0 Å². The Morgan fingerprint density at radius 3 is 2.42 bits per heavy atom. The summed E-state index contributed by atoms with van der Waals surface area (Å²) in [5.41, 5.74) is 2.22. The molecule has 1 aromatic rings. The molecule has 0 radical (unpaired) electrons. The second-order valence-corrected chi connectivity index (χ2v) is 6.56. The molecule has 0 heterocycles. The molecule has 3 unspecified atom stereocenters. The van der Waals surface area contributed by atoms with E-state index >= 15 is 0 Å². The molecule has 2 rings (SSSR count). The summed E-state index contributed by atoms with van der Waals surface area (Å²) in [4.78, 5) is 0. The highest BCUT2D eigenvalue weighted by atomic mass is 16.3. The lowest BCUT2D eigenvalue weighted by molar-refractivity contribution is 0.227. The van der Waals surface area contributed by atoms with Crippen LogP contribution in [0.5, 0.6) is 5.75 Å². The van der Waals surface area contributed by atoms with E-state index in [1.165, 1.54) is 24.8 Å². The van der Waals surface area contributed by atoms with Gasteiger partial charge in [0, 0.05) is 17.6 Å². The molecule has 3 atom stereocenters. The van der Waals surface area contributed by atoms with Crippen LogP contribution in [0.25, 0.3) is 0 Å². The van der Waals surface area contributed by atoms with Crippen molar-refractivity contribution in [3.05, 3.63) is 29.3 Å². The van der Waals surface area contributed by atoms with Gasteiger partial charge in [-0.3, -0.25) is 0 Å². The summed E-state index contributed by atoms with van der Waals surface area (Å²) >= 11 is 0. The van der Waals surface area contributed by atoms with Gasteiger partial charge in [-0.05, 0) is 51.0 Å². The van der Waals surface area contributed by atoms with Crippen LogP contribution in [0, 0.1) is 18.8 Å². The number of phenols is 1. The van der Waals surface area contributed by atoms with Gasteiger partial charge in [-0.25, -0.2) is 0 Å². The van der Waals surface area contributed by atoms with Crippen molar-refractivity contribution in [2.24, 2.45) is 11.8 Å². The van der Waals surface area contributed by atoms with Crippen LogP contribution in [0.4, 0.5) is 0 Å². The van der Waals surface area contributed by atoms with Crippen molar-refractivity contribution in [1.29, 1.82) is 0 Å². The molecule has 1 fully saturated rings. The minimum atomic E-state index is 0.211. The number of aryl methyl sites for hydroxylation is 1. The fraction of sp³-hybridized carbons (Fsp3) is 0.647. The first-order valence-corrected chi connectivity index (χ1v) is 7.51. The van der Waals surface area contributed by atoms with Gasteiger partial charge in [0.15, 0.2) is 0 Å². The Labute approximate surface area is 117 Å². The molecule has 0 bridgehead atoms. The monoisotopic (exact) mass is 261 g/mol. The predicted molar refractivity (Wildman–Crippen MR) is 80.4 cm³/mol. The number of nitrogens with one attached hydrogen (secondary N) is 1. The van der Waals surface area contributed by atoms with Crippen LogP contribution in [0.1, 0.15) is 57.2 Å². The van der Waals surface area contributed by atoms with Crippen LogP contribution in [0.15, 0.2) is 18.2 Å². The largest absolute Gasteiger partial charge is 0.508 e. The van der Waals surface area contributed by atoms with Crippen molar-refractivity contribution in [1.82, 2.24) is 5.32 Å². The van der Waals surface area contributed by atoms with E-state index in [0.29, 0.717) is 11.8 Å². The van der Waals surface area contributed by atoms with E-state index < -0.39 is 0 Å². The fourth-order valence-electron chi connectivity index (χ4n) is 3.55. The van der Waals surface area contributed by atoms with Crippen molar-refractivity contribution in [2.45, 2.75) is 59.0 Å². The van der Waals surface area contributed by atoms with Crippen molar-refractivity contribution >= 4 is 0 Å². The van der Waals surface area contributed by atoms with Crippen LogP contribution in [0.2, 0.25) is 0 Å². The van der Waals surface area contributed by atoms with Crippen LogP contribution in [-0.4, -0.2) is 11.1 Å². The van der Waals surface area contributed by atoms with Gasteiger partial charge in [0.2, 0.25) is 0 Å². The Kier molecular flexibility index (Phi) is 4.51. The maximum atomic E-state index is 10.00. The van der Waals surface area contributed by atoms with Gasteiger partial charge in [0.1, 0.15) is 5.75 Å². The highest BCUT2D eigenvalue weighted by Crippen LogP contribution is 2.31. The molecule has 0 spiro atoms. The SMILES string of the molecule is Cc1ccc(O)c(C(C)NC2CC(C)CC(C)C2)c1. The van der Waals surface area contributed by atoms with Crippen LogP contribution < -0.4 is 5.32 Å². The molecule has 2 N–H and O–H groups in total. The summed E-state index contributed by atoms with van der Waals surface area (Å²) in [6, 6.07) is 6.63. The maximum Gasteiger partial charge on any atom is 0.120 e. The fourth-order valence-corrected chi connectivity index (χ4v) is 3.55.